The van der Waals surface area contributed by atoms with Gasteiger partial charge in [-0.15, -0.1) is 0 Å². The molecule has 0 aliphatic carbocycles. The Labute approximate surface area is 162 Å². The second kappa shape index (κ2) is 7.80. The van der Waals surface area contributed by atoms with E-state index in [9.17, 15) is 9.59 Å². The Morgan fingerprint density at radius 3 is 2.16 bits per heavy atom. The molecule has 0 atom stereocenters. The first-order valence-corrected chi connectivity index (χ1v) is 9.31. The van der Waals surface area contributed by atoms with Crippen LogP contribution in [0.2, 0.25) is 0 Å². The number of benzene rings is 1. The zero-order chi connectivity index (χ0) is 18.8. The van der Waals surface area contributed by atoms with E-state index in [2.05, 4.69) is 22.6 Å². The minimum Gasteiger partial charge on any atom is -0.496 e. The summed E-state index contributed by atoms with van der Waals surface area (Å²) in [6.45, 7) is 9.40. The summed E-state index contributed by atoms with van der Waals surface area (Å²) in [5, 5.41) is 0. The number of carbonyl (C=O) groups is 2. The lowest BCUT2D eigenvalue weighted by molar-refractivity contribution is 0.0140. The molecule has 1 aliphatic rings. The van der Waals surface area contributed by atoms with Gasteiger partial charge in [-0.3, -0.25) is 4.79 Å². The molecule has 1 aromatic carbocycles. The molecule has 0 aromatic heterocycles. The fourth-order valence-electron chi connectivity index (χ4n) is 2.58. The van der Waals surface area contributed by atoms with E-state index in [1.807, 2.05) is 39.8 Å². The first-order valence-electron chi connectivity index (χ1n) is 8.23. The monoisotopic (exact) mass is 460 g/mol. The van der Waals surface area contributed by atoms with Crippen molar-refractivity contribution in [2.24, 2.45) is 0 Å². The topological polar surface area (TPSA) is 59.1 Å². The second-order valence-corrected chi connectivity index (χ2v) is 8.22. The zero-order valence-electron chi connectivity index (χ0n) is 15.4. The van der Waals surface area contributed by atoms with Crippen LogP contribution in [0.5, 0.6) is 5.75 Å². The van der Waals surface area contributed by atoms with Gasteiger partial charge in [0.2, 0.25) is 0 Å². The molecule has 2 amide bonds. The average molecular weight is 460 g/mol. The minimum absolute atomic E-state index is 0.0707. The molecule has 0 spiro atoms. The third-order valence-corrected chi connectivity index (χ3v) is 5.09. The van der Waals surface area contributed by atoms with E-state index >= 15 is 0 Å². The van der Waals surface area contributed by atoms with Gasteiger partial charge in [-0.25, -0.2) is 4.79 Å². The highest BCUT2D eigenvalue weighted by Crippen LogP contribution is 2.26. The molecule has 0 saturated carbocycles. The molecule has 2 rings (SSSR count). The Morgan fingerprint density at radius 2 is 1.64 bits per heavy atom. The van der Waals surface area contributed by atoms with Crippen molar-refractivity contribution in [2.45, 2.75) is 33.3 Å². The van der Waals surface area contributed by atoms with Crippen LogP contribution in [0.15, 0.2) is 12.1 Å². The molecule has 1 aliphatic heterocycles. The van der Waals surface area contributed by atoms with Crippen LogP contribution >= 0.6 is 22.6 Å². The highest BCUT2D eigenvalue weighted by atomic mass is 127. The van der Waals surface area contributed by atoms with Crippen molar-refractivity contribution in [1.82, 2.24) is 9.80 Å². The lowest BCUT2D eigenvalue weighted by Gasteiger charge is -2.35. The van der Waals surface area contributed by atoms with Gasteiger partial charge in [0.25, 0.3) is 5.91 Å². The molecule has 1 aromatic rings. The summed E-state index contributed by atoms with van der Waals surface area (Å²) < 4.78 is 11.8. The van der Waals surface area contributed by atoms with Crippen molar-refractivity contribution in [2.75, 3.05) is 33.3 Å². The molecule has 0 bridgehead atoms. The van der Waals surface area contributed by atoms with Crippen molar-refractivity contribution < 1.29 is 19.1 Å². The number of carbonyl (C=O) groups excluding carboxylic acids is 2. The van der Waals surface area contributed by atoms with Crippen LogP contribution in [-0.4, -0.2) is 60.7 Å². The van der Waals surface area contributed by atoms with Gasteiger partial charge in [0.1, 0.15) is 11.4 Å². The number of halogens is 1. The van der Waals surface area contributed by atoms with E-state index in [0.29, 0.717) is 37.5 Å². The van der Waals surface area contributed by atoms with E-state index in [1.165, 1.54) is 0 Å². The fraction of sp³-hybridized carbons (Fsp3) is 0.556. The van der Waals surface area contributed by atoms with Crippen molar-refractivity contribution in [3.8, 4) is 5.75 Å². The van der Waals surface area contributed by atoms with Crippen molar-refractivity contribution in [3.05, 3.63) is 26.8 Å². The maximum atomic E-state index is 12.9. The maximum absolute atomic E-state index is 12.9. The molecule has 1 heterocycles. The number of aryl methyl sites for hydroxylation is 1. The van der Waals surface area contributed by atoms with Crippen molar-refractivity contribution in [3.63, 3.8) is 0 Å². The number of amides is 2. The van der Waals surface area contributed by atoms with Gasteiger partial charge in [-0.1, -0.05) is 0 Å². The fourth-order valence-corrected chi connectivity index (χ4v) is 3.05. The van der Waals surface area contributed by atoms with Crippen molar-refractivity contribution >= 4 is 34.6 Å². The summed E-state index contributed by atoms with van der Waals surface area (Å²) in [5.41, 5.74) is 1.11. The Bertz CT molecular complexity index is 662. The van der Waals surface area contributed by atoms with Crippen molar-refractivity contribution in [1.29, 1.82) is 0 Å². The molecule has 0 N–H and O–H groups in total. The molecule has 0 radical (unpaired) electrons. The molecular weight excluding hydrogens is 435 g/mol. The number of piperazine rings is 1. The predicted octanol–water partition coefficient (Wildman–Crippen LogP) is 3.30. The summed E-state index contributed by atoms with van der Waals surface area (Å²) in [6.07, 6.45) is -0.331. The number of nitrogens with zero attached hydrogens (tertiary/aromatic N) is 2. The number of hydrogen-bond acceptors (Lipinski definition) is 4. The van der Waals surface area contributed by atoms with Crippen LogP contribution in [0.25, 0.3) is 0 Å². The Morgan fingerprint density at radius 1 is 1.08 bits per heavy atom. The van der Waals surface area contributed by atoms with Gasteiger partial charge < -0.3 is 19.3 Å². The van der Waals surface area contributed by atoms with Crippen LogP contribution in [0, 0.1) is 10.5 Å². The Hall–Kier alpha value is -1.51. The molecule has 1 saturated heterocycles. The first-order chi connectivity index (χ1) is 11.6. The highest BCUT2D eigenvalue weighted by molar-refractivity contribution is 14.1. The molecule has 1 fully saturated rings. The van der Waals surface area contributed by atoms with Crippen LogP contribution in [0.3, 0.4) is 0 Å². The number of hydrogen-bond donors (Lipinski definition) is 0. The molecular formula is C18H25IN2O4. The number of rotatable bonds is 2. The largest absolute Gasteiger partial charge is 0.496 e. The maximum Gasteiger partial charge on any atom is 0.410 e. The van der Waals surface area contributed by atoms with E-state index in [0.717, 1.165) is 9.13 Å². The summed E-state index contributed by atoms with van der Waals surface area (Å²) in [7, 11) is 1.57. The third-order valence-electron chi connectivity index (χ3n) is 3.93. The molecule has 0 unspecified atom stereocenters. The lowest BCUT2D eigenvalue weighted by atomic mass is 10.1. The lowest BCUT2D eigenvalue weighted by Crippen LogP contribution is -2.51. The van der Waals surface area contributed by atoms with Gasteiger partial charge >= 0.3 is 6.09 Å². The van der Waals surface area contributed by atoms with Gasteiger partial charge in [-0.05, 0) is 68.0 Å². The van der Waals surface area contributed by atoms with E-state index in [4.69, 9.17) is 9.47 Å². The summed E-state index contributed by atoms with van der Waals surface area (Å²) in [6, 6.07) is 3.74. The standard InChI is InChI=1S/C18H25IN2O4/c1-12-10-15(24-5)13(11-14(12)19)16(22)20-6-8-21(9-7-20)17(23)25-18(2,3)4/h10-11H,6-9H2,1-5H3. The van der Waals surface area contributed by atoms with Crippen LogP contribution < -0.4 is 4.74 Å². The zero-order valence-corrected chi connectivity index (χ0v) is 17.5. The van der Waals surface area contributed by atoms with Gasteiger partial charge in [0.15, 0.2) is 0 Å². The minimum atomic E-state index is -0.518. The van der Waals surface area contributed by atoms with E-state index in [1.54, 1.807) is 16.9 Å². The van der Waals surface area contributed by atoms with E-state index in [-0.39, 0.29) is 12.0 Å². The van der Waals surface area contributed by atoms with Crippen LogP contribution in [0.4, 0.5) is 4.79 Å². The predicted molar refractivity (Wildman–Crippen MR) is 104 cm³/mol. The normalized spacial score (nSPS) is 15.1. The Kier molecular flexibility index (Phi) is 6.18. The van der Waals surface area contributed by atoms with Gasteiger partial charge in [0.05, 0.1) is 12.7 Å². The SMILES string of the molecule is COc1cc(C)c(I)cc1C(=O)N1CCN(C(=O)OC(C)(C)C)CC1. The first kappa shape index (κ1) is 19.8. The summed E-state index contributed by atoms with van der Waals surface area (Å²) >= 11 is 2.22. The average Bonchev–Trinajstić information content (AvgIpc) is 2.55. The molecule has 7 heteroatoms. The molecule has 138 valence electrons. The highest BCUT2D eigenvalue weighted by Gasteiger charge is 2.29. The Balaban J connectivity index is 2.05. The smallest absolute Gasteiger partial charge is 0.410 e. The number of ether oxygens (including phenoxy) is 2. The van der Waals surface area contributed by atoms with E-state index < -0.39 is 5.60 Å². The number of methoxy groups -OCH3 is 1. The quantitative estimate of drug-likeness (QED) is 0.636. The van der Waals surface area contributed by atoms with Gasteiger partial charge in [-0.2, -0.15) is 0 Å². The van der Waals surface area contributed by atoms with Crippen LogP contribution in [0.1, 0.15) is 36.7 Å². The molecule has 25 heavy (non-hydrogen) atoms. The van der Waals surface area contributed by atoms with Gasteiger partial charge in [0, 0.05) is 29.7 Å². The second-order valence-electron chi connectivity index (χ2n) is 7.06. The summed E-state index contributed by atoms with van der Waals surface area (Å²) in [5.74, 6) is 0.510. The van der Waals surface area contributed by atoms with Crippen LogP contribution in [-0.2, 0) is 4.74 Å². The molecule has 6 nitrogen and oxygen atoms in total. The summed E-state index contributed by atoms with van der Waals surface area (Å²) in [4.78, 5) is 28.4. The third kappa shape index (κ3) is 4.99.